The van der Waals surface area contributed by atoms with Crippen molar-refractivity contribution in [3.8, 4) is 0 Å². The van der Waals surface area contributed by atoms with Crippen LogP contribution in [0.3, 0.4) is 0 Å². The molecule has 292 valence electrons. The molecule has 0 atom stereocenters. The van der Waals surface area contributed by atoms with Crippen molar-refractivity contribution in [3.05, 3.63) is 196 Å². The van der Waals surface area contributed by atoms with E-state index < -0.39 is 5.31 Å². The maximum atomic E-state index is 8.04. The molecule has 6 rings (SSSR count). The molecule has 0 aliphatic carbocycles. The third-order valence-electron chi connectivity index (χ3n) is 10.8. The van der Waals surface area contributed by atoms with Gasteiger partial charge >= 0.3 is 354 Å². The van der Waals surface area contributed by atoms with Crippen LogP contribution < -0.4 is 15.9 Å². The van der Waals surface area contributed by atoms with Gasteiger partial charge in [-0.1, -0.05) is 0 Å². The van der Waals surface area contributed by atoms with E-state index in [2.05, 4.69) is 244 Å². The minimum atomic E-state index is -3.93. The van der Waals surface area contributed by atoms with Crippen LogP contribution in [0.15, 0.2) is 146 Å². The number of benzene rings is 6. The van der Waals surface area contributed by atoms with Gasteiger partial charge < -0.3 is 0 Å². The summed E-state index contributed by atoms with van der Waals surface area (Å²) in [5.74, 6) is 0. The molecule has 0 spiro atoms. The normalized spacial score (nSPS) is 13.7. The van der Waals surface area contributed by atoms with E-state index in [1.54, 1.807) is 0 Å². The van der Waals surface area contributed by atoms with Crippen molar-refractivity contribution in [3.63, 3.8) is 0 Å². The number of hydrogen-bond acceptors (Lipinski definition) is 0. The first-order valence-corrected chi connectivity index (χ1v) is 24.0. The standard InChI is InChI=1S/C54H57Cl2P/c1-52(2,3)46-28-16-40(17-29-46)10-13-43-22-34-49(35-23-43)57(55,56,50-36-24-44(25-37-50)14-11-41-18-30-47(31-19-41)53(4,5)6)51-38-26-45(27-39-51)15-12-42-20-32-48(33-21-42)54(7,8)9/h10-39H,1-9H3/b13-10+,14-11+,15-12+. The fourth-order valence-corrected chi connectivity index (χ4v) is 11.8. The summed E-state index contributed by atoms with van der Waals surface area (Å²) >= 11 is 16.1. The van der Waals surface area contributed by atoms with Crippen LogP contribution in [0.5, 0.6) is 0 Å². The zero-order valence-corrected chi connectivity index (χ0v) is 37.4. The Morgan fingerprint density at radius 3 is 0.596 bits per heavy atom. The van der Waals surface area contributed by atoms with E-state index in [0.717, 1.165) is 49.3 Å². The van der Waals surface area contributed by atoms with Crippen molar-refractivity contribution in [1.29, 1.82) is 0 Å². The number of halogens is 2. The van der Waals surface area contributed by atoms with Crippen molar-refractivity contribution in [1.82, 2.24) is 0 Å². The molecule has 3 heteroatoms. The van der Waals surface area contributed by atoms with Gasteiger partial charge in [0.05, 0.1) is 0 Å². The molecule has 0 heterocycles. The van der Waals surface area contributed by atoms with Crippen molar-refractivity contribution in [2.75, 3.05) is 0 Å². The Kier molecular flexibility index (Phi) is 12.2. The molecule has 0 saturated heterocycles. The molecule has 0 radical (unpaired) electrons. The van der Waals surface area contributed by atoms with E-state index in [1.165, 1.54) is 16.7 Å². The average molecular weight is 808 g/mol. The fraction of sp³-hybridized carbons (Fsp3) is 0.222. The van der Waals surface area contributed by atoms with Crippen LogP contribution in [0.25, 0.3) is 36.5 Å². The van der Waals surface area contributed by atoms with Crippen LogP contribution >= 0.6 is 27.8 Å². The first-order valence-electron chi connectivity index (χ1n) is 19.9. The zero-order chi connectivity index (χ0) is 41.1. The van der Waals surface area contributed by atoms with Crippen LogP contribution in [0.4, 0.5) is 0 Å². The fourth-order valence-electron chi connectivity index (χ4n) is 6.85. The molecule has 0 unspecified atom stereocenters. The van der Waals surface area contributed by atoms with Gasteiger partial charge in [-0.15, -0.1) is 0 Å². The van der Waals surface area contributed by atoms with E-state index in [-0.39, 0.29) is 16.2 Å². The third kappa shape index (κ3) is 9.99. The van der Waals surface area contributed by atoms with Crippen molar-refractivity contribution in [2.45, 2.75) is 78.6 Å². The second-order valence-electron chi connectivity index (χ2n) is 18.3. The van der Waals surface area contributed by atoms with Crippen LogP contribution in [0.1, 0.15) is 112 Å². The molecule has 0 aromatic heterocycles. The first kappa shape index (κ1) is 42.2. The van der Waals surface area contributed by atoms with E-state index in [4.69, 9.17) is 22.5 Å². The first-order chi connectivity index (χ1) is 26.8. The number of hydrogen-bond donors (Lipinski definition) is 0. The number of rotatable bonds is 9. The van der Waals surface area contributed by atoms with Crippen molar-refractivity contribution in [2.24, 2.45) is 0 Å². The molecule has 0 aliphatic heterocycles. The van der Waals surface area contributed by atoms with Gasteiger partial charge in [0.25, 0.3) is 0 Å². The summed E-state index contributed by atoms with van der Waals surface area (Å²) in [6.45, 7) is 20.1. The second-order valence-corrected chi connectivity index (χ2v) is 26.2. The van der Waals surface area contributed by atoms with Gasteiger partial charge in [0.2, 0.25) is 0 Å². The van der Waals surface area contributed by atoms with E-state index >= 15 is 0 Å². The summed E-state index contributed by atoms with van der Waals surface area (Å²) in [5.41, 5.74) is 11.1. The molecule has 0 saturated carbocycles. The summed E-state index contributed by atoms with van der Waals surface area (Å²) in [6.07, 6.45) is 12.9. The summed E-state index contributed by atoms with van der Waals surface area (Å²) in [5, 5.41) is -1.22. The summed E-state index contributed by atoms with van der Waals surface area (Å²) in [4.78, 5) is 0. The molecule has 0 nitrogen and oxygen atoms in total. The Morgan fingerprint density at radius 1 is 0.281 bits per heavy atom. The summed E-state index contributed by atoms with van der Waals surface area (Å²) in [6, 6.07) is 51.7. The van der Waals surface area contributed by atoms with E-state index in [1.807, 2.05) is 0 Å². The van der Waals surface area contributed by atoms with Gasteiger partial charge in [0, 0.05) is 0 Å². The molecule has 0 aliphatic rings. The summed E-state index contributed by atoms with van der Waals surface area (Å²) < 4.78 is 0. The molecule has 0 N–H and O–H groups in total. The summed E-state index contributed by atoms with van der Waals surface area (Å²) in [7, 11) is 0. The Labute approximate surface area is 352 Å². The molecule has 0 bridgehead atoms. The molecule has 57 heavy (non-hydrogen) atoms. The van der Waals surface area contributed by atoms with Gasteiger partial charge in [0.1, 0.15) is 0 Å². The maximum absolute atomic E-state index is 8.04. The molecular weight excluding hydrogens is 750 g/mol. The second kappa shape index (κ2) is 16.4. The quantitative estimate of drug-likeness (QED) is 0.101. The SMILES string of the molecule is CC(C)(C)c1ccc(/C=C/c2ccc(P(Cl)(Cl)(c3ccc(/C=C/c4ccc(C(C)(C)C)cc4)cc3)c3ccc(/C=C/c4ccc(C(C)(C)C)cc4)cc3)cc2)cc1. The van der Waals surface area contributed by atoms with Gasteiger partial charge in [-0.3, -0.25) is 0 Å². The molecular formula is C54H57Cl2P. The monoisotopic (exact) mass is 806 g/mol. The molecule has 0 fully saturated rings. The Balaban J connectivity index is 1.31. The predicted octanol–water partition coefficient (Wildman–Crippen LogP) is 15.2. The minimum absolute atomic E-state index is 0.124. The molecule has 6 aromatic rings. The molecule has 0 amide bonds. The van der Waals surface area contributed by atoms with Crippen LogP contribution in [-0.4, -0.2) is 0 Å². The van der Waals surface area contributed by atoms with Crippen molar-refractivity contribution < 1.29 is 0 Å². The van der Waals surface area contributed by atoms with Gasteiger partial charge in [0.15, 0.2) is 0 Å². The Morgan fingerprint density at radius 2 is 0.439 bits per heavy atom. The van der Waals surface area contributed by atoms with Gasteiger partial charge in [-0.05, 0) is 0 Å². The van der Waals surface area contributed by atoms with Crippen molar-refractivity contribution >= 4 is 80.2 Å². The van der Waals surface area contributed by atoms with Gasteiger partial charge in [-0.2, -0.15) is 0 Å². The van der Waals surface area contributed by atoms with Crippen LogP contribution in [-0.2, 0) is 16.2 Å². The van der Waals surface area contributed by atoms with Gasteiger partial charge in [-0.25, -0.2) is 0 Å². The zero-order valence-electron chi connectivity index (χ0n) is 35.0. The average Bonchev–Trinajstić information content (AvgIpc) is 3.18. The predicted molar refractivity (Wildman–Crippen MR) is 259 cm³/mol. The van der Waals surface area contributed by atoms with Crippen LogP contribution in [0, 0.1) is 0 Å². The molecule has 6 aromatic carbocycles. The topological polar surface area (TPSA) is 0 Å². The Hall–Kier alpha value is -4.45. The van der Waals surface area contributed by atoms with E-state index in [0.29, 0.717) is 0 Å². The Bertz CT molecular complexity index is 2080. The van der Waals surface area contributed by atoms with Crippen LogP contribution in [0.2, 0.25) is 0 Å². The third-order valence-corrected chi connectivity index (χ3v) is 17.9. The van der Waals surface area contributed by atoms with E-state index in [9.17, 15) is 0 Å².